The molecule has 4 aliphatic heterocycles. The number of carbonyl (C=O) groups is 2. The first-order valence-electron chi connectivity index (χ1n) is 42.7. The molecule has 2 unspecified atom stereocenters. The number of amides is 2. The summed E-state index contributed by atoms with van der Waals surface area (Å²) in [7, 11) is 0. The van der Waals surface area contributed by atoms with Crippen LogP contribution in [0.25, 0.3) is 0 Å². The van der Waals surface area contributed by atoms with Gasteiger partial charge in [-0.05, 0) is 238 Å². The molecule has 28 nitrogen and oxygen atoms in total. The number of nitrogens with one attached hydrogen (secondary N) is 3. The number of hydrogen-bond acceptors (Lipinski definition) is 24. The number of amidine groups is 4. The molecule has 0 aliphatic carbocycles. The number of aliphatic hydroxyl groups excluding tert-OH is 3. The number of benzene rings is 6. The summed E-state index contributed by atoms with van der Waals surface area (Å²) < 4.78 is 1.22. The van der Waals surface area contributed by atoms with Gasteiger partial charge in [-0.2, -0.15) is 0 Å². The van der Waals surface area contributed by atoms with E-state index in [0.717, 1.165) is 138 Å². The zero-order chi connectivity index (χ0) is 94.6. The van der Waals surface area contributed by atoms with Crippen LogP contribution in [0.5, 0.6) is 34.5 Å². The number of phenols is 6. The molecule has 0 radical (unpaired) electrons. The van der Waals surface area contributed by atoms with Gasteiger partial charge in [0.05, 0.1) is 51.9 Å². The highest BCUT2D eigenvalue weighted by atomic mass is 16.6. The summed E-state index contributed by atoms with van der Waals surface area (Å²) in [5, 5.41) is 155. The van der Waals surface area contributed by atoms with Gasteiger partial charge >= 0.3 is 0 Å². The third-order valence-electron chi connectivity index (χ3n) is 23.5. The Balaban J connectivity index is 0.000000264. The topological polar surface area (TPSA) is 452 Å². The number of nitrogens with two attached hydrogens (primary N) is 2. The van der Waals surface area contributed by atoms with E-state index >= 15 is 0 Å². The van der Waals surface area contributed by atoms with Crippen molar-refractivity contribution in [1.29, 1.82) is 0 Å². The van der Waals surface area contributed by atoms with E-state index in [9.17, 15) is 81.6 Å². The van der Waals surface area contributed by atoms with Gasteiger partial charge in [0.1, 0.15) is 58.9 Å². The number of aliphatic imine (C=N–C) groups is 2. The molecule has 6 aromatic rings. The van der Waals surface area contributed by atoms with Crippen LogP contribution in [0, 0.1) is 93.5 Å². The molecule has 0 saturated carbocycles. The molecule has 4 aliphatic rings. The van der Waals surface area contributed by atoms with E-state index in [1.807, 2.05) is 121 Å². The fraction of sp³-hybridized carbons (Fsp3) is 0.562. The zero-order valence-electron chi connectivity index (χ0n) is 79.4. The van der Waals surface area contributed by atoms with Crippen molar-refractivity contribution in [3.8, 4) is 34.5 Å². The number of nitrogens with zero attached hydrogens (tertiary/aromatic N) is 7. The Bertz CT molecular complexity index is 4950. The number of aromatic hydroxyl groups is 6. The number of aryl methyl sites for hydroxylation is 6. The van der Waals surface area contributed by atoms with Crippen LogP contribution >= 0.6 is 0 Å². The molecule has 2 atom stereocenters. The molecule has 0 fully saturated rings. The van der Waals surface area contributed by atoms with Gasteiger partial charge in [0.15, 0.2) is 13.1 Å². The highest BCUT2D eigenvalue weighted by Crippen LogP contribution is 2.43. The van der Waals surface area contributed by atoms with E-state index in [2.05, 4.69) is 128 Å². The molecule has 124 heavy (non-hydrogen) atoms. The summed E-state index contributed by atoms with van der Waals surface area (Å²) >= 11 is 0. The number of hydroxylamine groups is 8. The van der Waals surface area contributed by atoms with E-state index in [4.69, 9.17) is 11.5 Å². The molecular formula is C96H148N12O16. The average molecular weight is 1730 g/mol. The summed E-state index contributed by atoms with van der Waals surface area (Å²) in [5.41, 5.74) is 31.3. The highest BCUT2D eigenvalue weighted by molar-refractivity contribution is 5.88. The maximum absolute atomic E-state index is 11.8. The number of rotatable bonds is 18. The lowest BCUT2D eigenvalue weighted by Gasteiger charge is -2.26. The van der Waals surface area contributed by atoms with Crippen molar-refractivity contribution in [2.75, 3.05) is 72.1 Å². The van der Waals surface area contributed by atoms with Crippen LogP contribution in [-0.2, 0) is 80.6 Å². The Hall–Kier alpha value is -9.78. The fourth-order valence-corrected chi connectivity index (χ4v) is 15.4. The molecular weight excluding hydrogens is 1580 g/mol. The second-order valence-corrected chi connectivity index (χ2v) is 39.1. The minimum atomic E-state index is -1.26. The van der Waals surface area contributed by atoms with Gasteiger partial charge in [-0.15, -0.1) is 10.1 Å². The molecule has 19 N–H and O–H groups in total. The second kappa shape index (κ2) is 42.5. The van der Waals surface area contributed by atoms with Crippen LogP contribution in [0.15, 0.2) is 46.4 Å². The van der Waals surface area contributed by atoms with Gasteiger partial charge in [0.2, 0.25) is 18.0 Å². The van der Waals surface area contributed by atoms with Gasteiger partial charge in [-0.1, -0.05) is 154 Å². The molecule has 0 spiro atoms. The SMILES string of the molecule is Cc1cc(C(C)(C)C)c(O)c(C)c1CC(=O)NCCN.Cc1cc(C(C)(C)C)c(O)c(C)c1CC1=NCC(O)N1.Cc1cc(C(C)(C)C)c(O)c(C)c1CC1=NCCN1O.Cc1cc(C(C)(C)C)c(O)c(C)c1CC1=[N+]([O-])C(O)CN1O.Cc1cc(C(C)(C)C)c(O)c(C)c1CC1=[N+]([O-])CCN1O.Cc1cc(C(C)(C)CO)c(O)c(C)c1CC(=O)NCCN. The highest BCUT2D eigenvalue weighted by Gasteiger charge is 2.37. The molecule has 6 aromatic carbocycles. The molecule has 0 saturated heterocycles. The monoisotopic (exact) mass is 1730 g/mol. The maximum Gasteiger partial charge on any atom is 0.287 e. The zero-order valence-corrected chi connectivity index (χ0v) is 79.4. The van der Waals surface area contributed by atoms with E-state index in [1.165, 1.54) is 5.06 Å². The van der Waals surface area contributed by atoms with Crippen molar-refractivity contribution >= 4 is 35.2 Å². The predicted molar refractivity (Wildman–Crippen MR) is 493 cm³/mol. The average Bonchev–Trinajstić information content (AvgIpc) is 1.83. The second-order valence-electron chi connectivity index (χ2n) is 39.1. The van der Waals surface area contributed by atoms with Gasteiger partial charge in [-0.25, -0.2) is 20.2 Å². The Morgan fingerprint density at radius 1 is 0.452 bits per heavy atom. The standard InChI is InChI=1S/C16H24N2O4.C16H24N2O3.C16H26N2O3.2C16H24N2O2.C16H26N2O2/c1-9-6-12(16(3,4)5)15(20)10(2)11(9)7-13-17(21)8-14(19)18(13)22;1-10-8-13(16(3,4)5)15(19)11(2)12(10)9-14-17(20)6-7-18(14)21;1-10-7-13(16(3,4)9-19)15(21)11(2)12(10)8-14(20)18-6-5-17;1-9-6-12(16(3,4)5)15(20)10(2)11(9)7-13-17-8-14(19)18-13;1-10-8-13(16(3,4)5)15(19)11(2)12(10)9-14-17-6-7-18(14)20;1-10-8-13(16(3,4)5)15(20)11(2)12(10)9-14(19)18-7-6-17/h6,14,19-21H,7-8H2,1-5H3;8,19-20H,6-7,9H2,1-5H3;7,19,21H,5-6,8-9,17H2,1-4H3,(H,18,20);6,14,19-20H,7-8H2,1-5H3,(H,17,18);8,19-20H,6-7,9H2,1-5H3;8,20H,6-7,9,17H2,1-5H3,(H,18,19). The van der Waals surface area contributed by atoms with Crippen LogP contribution < -0.4 is 27.4 Å². The van der Waals surface area contributed by atoms with Crippen molar-refractivity contribution in [3.05, 3.63) is 180 Å². The van der Waals surface area contributed by atoms with Gasteiger partial charge in [0, 0.05) is 50.0 Å². The molecule has 28 heteroatoms. The van der Waals surface area contributed by atoms with Crippen LogP contribution in [0.4, 0.5) is 0 Å². The molecule has 0 aromatic heterocycles. The van der Waals surface area contributed by atoms with Gasteiger partial charge in [-0.3, -0.25) is 29.5 Å². The van der Waals surface area contributed by atoms with Crippen LogP contribution in [0.1, 0.15) is 251 Å². The summed E-state index contributed by atoms with van der Waals surface area (Å²) in [5.74, 6) is 3.39. The smallest absolute Gasteiger partial charge is 0.287 e. The van der Waals surface area contributed by atoms with Crippen molar-refractivity contribution in [3.63, 3.8) is 0 Å². The first-order chi connectivity index (χ1) is 57.0. The van der Waals surface area contributed by atoms with Crippen molar-refractivity contribution < 1.29 is 80.6 Å². The van der Waals surface area contributed by atoms with Gasteiger partial charge in [0.25, 0.3) is 11.7 Å². The Morgan fingerprint density at radius 3 is 1.05 bits per heavy atom. The van der Waals surface area contributed by atoms with Crippen molar-refractivity contribution in [1.82, 2.24) is 31.1 Å². The summed E-state index contributed by atoms with van der Waals surface area (Å²) in [4.78, 5) is 32.2. The number of hydrogen-bond donors (Lipinski definition) is 17. The number of β-amino-alcohol motifs (C(OH)–C–C–N with tert-alkyl or cyclic N) is 1. The summed E-state index contributed by atoms with van der Waals surface area (Å²) in [6.07, 6.45) is 0.318. The molecule has 688 valence electrons. The lowest BCUT2D eigenvalue weighted by molar-refractivity contribution is -0.539. The third kappa shape index (κ3) is 26.4. The molecule has 10 rings (SSSR count). The summed E-state index contributed by atoms with van der Waals surface area (Å²) in [6, 6.07) is 11.8. The fourth-order valence-electron chi connectivity index (χ4n) is 15.4. The quantitative estimate of drug-likeness (QED) is 0.0281. The summed E-state index contributed by atoms with van der Waals surface area (Å²) in [6.45, 7) is 61.6. The van der Waals surface area contributed by atoms with Crippen LogP contribution in [0.2, 0.25) is 0 Å². The number of aliphatic hydroxyl groups is 3. The maximum atomic E-state index is 11.8. The largest absolute Gasteiger partial charge is 0.715 e. The Kier molecular flexibility index (Phi) is 35.9. The molecule has 0 bridgehead atoms. The molecule has 2 amide bonds. The lowest BCUT2D eigenvalue weighted by Crippen LogP contribution is -2.31. The van der Waals surface area contributed by atoms with Crippen LogP contribution in [-0.4, -0.2) is 206 Å². The normalized spacial score (nSPS) is 15.5. The number of carbonyl (C=O) groups excluding carboxylic acids is 2. The number of phenolic OH excluding ortho intramolecular Hbond substituents is 6. The first-order valence-corrected chi connectivity index (χ1v) is 42.7. The first kappa shape index (κ1) is 105. The van der Waals surface area contributed by atoms with Crippen molar-refractivity contribution in [2.24, 2.45) is 21.5 Å². The lowest BCUT2D eigenvalue weighted by atomic mass is 9.81. The van der Waals surface area contributed by atoms with E-state index in [1.54, 1.807) is 13.8 Å². The third-order valence-corrected chi connectivity index (χ3v) is 23.5. The van der Waals surface area contributed by atoms with E-state index < -0.39 is 17.9 Å². The van der Waals surface area contributed by atoms with Gasteiger partial charge < -0.3 is 83.8 Å². The minimum absolute atomic E-state index is 0.0597. The van der Waals surface area contributed by atoms with E-state index in [-0.39, 0.29) is 101 Å². The van der Waals surface area contributed by atoms with Crippen molar-refractivity contribution in [2.45, 2.75) is 284 Å². The Labute approximate surface area is 735 Å². The van der Waals surface area contributed by atoms with Crippen LogP contribution in [0.3, 0.4) is 0 Å². The predicted octanol–water partition coefficient (Wildman–Crippen LogP) is 12.2. The van der Waals surface area contributed by atoms with E-state index in [0.29, 0.717) is 122 Å². The Morgan fingerprint density at radius 2 is 0.766 bits per heavy atom. The minimum Gasteiger partial charge on any atom is -0.715 e. The molecule has 4 heterocycles.